The molecule has 1 aliphatic rings. The van der Waals surface area contributed by atoms with E-state index in [-0.39, 0.29) is 10.7 Å². The molecular weight excluding hydrogens is 204 g/mol. The van der Waals surface area contributed by atoms with E-state index in [1.165, 1.54) is 12.0 Å². The van der Waals surface area contributed by atoms with Crippen LogP contribution in [0.1, 0.15) is 53.4 Å². The van der Waals surface area contributed by atoms with Crippen LogP contribution in [0, 0.1) is 5.41 Å². The highest BCUT2D eigenvalue weighted by Gasteiger charge is 2.32. The molecule has 0 fully saturated rings. The third-order valence-corrected chi connectivity index (χ3v) is 3.40. The Morgan fingerprint density at radius 3 is 2.60 bits per heavy atom. The standard InChI is InChI=1S/C13H22OS/c1-9-6-5-7-13(3,4)12(9)11(14)8-10(2)15/h10,15H,5-8H2,1-4H3. The number of carbonyl (C=O) groups excluding carboxylic acids is 1. The van der Waals surface area contributed by atoms with Gasteiger partial charge in [0.1, 0.15) is 0 Å². The first-order chi connectivity index (χ1) is 6.84. The number of ketones is 1. The average Bonchev–Trinajstić information content (AvgIpc) is 1.99. The van der Waals surface area contributed by atoms with Gasteiger partial charge in [-0.2, -0.15) is 12.6 Å². The molecule has 0 bridgehead atoms. The number of rotatable bonds is 3. The van der Waals surface area contributed by atoms with Crippen molar-refractivity contribution in [2.75, 3.05) is 0 Å². The van der Waals surface area contributed by atoms with Crippen molar-refractivity contribution < 1.29 is 4.79 Å². The van der Waals surface area contributed by atoms with E-state index < -0.39 is 0 Å². The summed E-state index contributed by atoms with van der Waals surface area (Å²) in [6.45, 7) is 8.46. The Labute approximate surface area is 98.7 Å². The maximum absolute atomic E-state index is 12.1. The van der Waals surface area contributed by atoms with E-state index in [9.17, 15) is 4.79 Å². The van der Waals surface area contributed by atoms with Crippen LogP contribution in [0.3, 0.4) is 0 Å². The Kier molecular flexibility index (Phi) is 4.05. The van der Waals surface area contributed by atoms with E-state index in [1.807, 2.05) is 6.92 Å². The monoisotopic (exact) mass is 226 g/mol. The highest BCUT2D eigenvalue weighted by Crippen LogP contribution is 2.41. The summed E-state index contributed by atoms with van der Waals surface area (Å²) in [5, 5.41) is 0.163. The quantitative estimate of drug-likeness (QED) is 0.725. The van der Waals surface area contributed by atoms with Crippen LogP contribution in [-0.2, 0) is 4.79 Å². The smallest absolute Gasteiger partial charge is 0.160 e. The van der Waals surface area contributed by atoms with Gasteiger partial charge >= 0.3 is 0 Å². The van der Waals surface area contributed by atoms with Crippen molar-refractivity contribution in [2.24, 2.45) is 5.41 Å². The normalized spacial score (nSPS) is 22.7. The molecule has 15 heavy (non-hydrogen) atoms. The number of thiol groups is 1. The Bertz CT molecular complexity index is 287. The van der Waals surface area contributed by atoms with Crippen LogP contribution >= 0.6 is 12.6 Å². The second-order valence-electron chi connectivity index (χ2n) is 5.37. The number of hydrogen-bond donors (Lipinski definition) is 1. The third-order valence-electron chi connectivity index (χ3n) is 3.22. The number of Topliss-reactive ketones (excluding diaryl/α,β-unsaturated/α-hetero) is 1. The van der Waals surface area contributed by atoms with Crippen LogP contribution in [0.4, 0.5) is 0 Å². The average molecular weight is 226 g/mol. The lowest BCUT2D eigenvalue weighted by molar-refractivity contribution is -0.116. The third kappa shape index (κ3) is 3.10. The van der Waals surface area contributed by atoms with Crippen LogP contribution in [0.5, 0.6) is 0 Å². The lowest BCUT2D eigenvalue weighted by Gasteiger charge is -2.33. The first-order valence-electron chi connectivity index (χ1n) is 5.76. The summed E-state index contributed by atoms with van der Waals surface area (Å²) in [5.41, 5.74) is 2.45. The predicted octanol–water partition coefficient (Wildman–Crippen LogP) is 3.79. The molecule has 0 amide bonds. The summed E-state index contributed by atoms with van der Waals surface area (Å²) in [7, 11) is 0. The molecule has 2 heteroatoms. The van der Waals surface area contributed by atoms with E-state index in [0.717, 1.165) is 18.4 Å². The molecule has 86 valence electrons. The van der Waals surface area contributed by atoms with Crippen molar-refractivity contribution in [2.45, 2.75) is 58.6 Å². The van der Waals surface area contributed by atoms with Crippen LogP contribution in [0.2, 0.25) is 0 Å². The molecule has 0 N–H and O–H groups in total. The van der Waals surface area contributed by atoms with Crippen LogP contribution in [0.25, 0.3) is 0 Å². The lowest BCUT2D eigenvalue weighted by atomic mass is 9.70. The summed E-state index contributed by atoms with van der Waals surface area (Å²) in [4.78, 5) is 12.1. The van der Waals surface area contributed by atoms with E-state index in [1.54, 1.807) is 0 Å². The molecule has 0 aliphatic heterocycles. The van der Waals surface area contributed by atoms with Gasteiger partial charge in [-0.15, -0.1) is 0 Å². The summed E-state index contributed by atoms with van der Waals surface area (Å²) < 4.78 is 0. The summed E-state index contributed by atoms with van der Waals surface area (Å²) in [5.74, 6) is 0.305. The van der Waals surface area contributed by atoms with Gasteiger partial charge in [0.25, 0.3) is 0 Å². The molecule has 0 aromatic heterocycles. The minimum Gasteiger partial charge on any atom is -0.294 e. The van der Waals surface area contributed by atoms with Gasteiger partial charge in [0.05, 0.1) is 0 Å². The Hall–Kier alpha value is -0.240. The van der Waals surface area contributed by atoms with Crippen molar-refractivity contribution in [1.29, 1.82) is 0 Å². The fraction of sp³-hybridized carbons (Fsp3) is 0.769. The van der Waals surface area contributed by atoms with E-state index in [2.05, 4.69) is 33.4 Å². The first kappa shape index (κ1) is 12.8. The Morgan fingerprint density at radius 2 is 2.13 bits per heavy atom. The Balaban J connectivity index is 2.93. The maximum atomic E-state index is 12.1. The topological polar surface area (TPSA) is 17.1 Å². The van der Waals surface area contributed by atoms with Crippen LogP contribution < -0.4 is 0 Å². The molecule has 0 saturated carbocycles. The van der Waals surface area contributed by atoms with Gasteiger partial charge in [0.15, 0.2) is 5.78 Å². The molecule has 0 saturated heterocycles. The van der Waals surface area contributed by atoms with Gasteiger partial charge < -0.3 is 0 Å². The zero-order valence-electron chi connectivity index (χ0n) is 10.3. The van der Waals surface area contributed by atoms with Gasteiger partial charge in [-0.25, -0.2) is 0 Å². The molecule has 0 radical (unpaired) electrons. The molecule has 0 aromatic rings. The minimum atomic E-state index is 0.0715. The Morgan fingerprint density at radius 1 is 1.53 bits per heavy atom. The molecular formula is C13H22OS. The molecule has 1 aliphatic carbocycles. The largest absolute Gasteiger partial charge is 0.294 e. The molecule has 1 atom stereocenters. The van der Waals surface area contributed by atoms with Crippen LogP contribution in [0.15, 0.2) is 11.1 Å². The van der Waals surface area contributed by atoms with E-state index in [0.29, 0.717) is 12.2 Å². The van der Waals surface area contributed by atoms with E-state index >= 15 is 0 Å². The lowest BCUT2D eigenvalue weighted by Crippen LogP contribution is -2.27. The van der Waals surface area contributed by atoms with Crippen molar-refractivity contribution in [1.82, 2.24) is 0 Å². The van der Waals surface area contributed by atoms with Gasteiger partial charge in [0, 0.05) is 11.7 Å². The first-order valence-corrected chi connectivity index (χ1v) is 6.27. The zero-order chi connectivity index (χ0) is 11.6. The summed E-state index contributed by atoms with van der Waals surface area (Å²) >= 11 is 4.30. The molecule has 1 rings (SSSR count). The summed E-state index contributed by atoms with van der Waals surface area (Å²) in [6, 6.07) is 0. The second-order valence-corrected chi connectivity index (χ2v) is 6.25. The number of allylic oxidation sites excluding steroid dienone is 2. The molecule has 0 heterocycles. The van der Waals surface area contributed by atoms with Crippen molar-refractivity contribution in [3.05, 3.63) is 11.1 Å². The molecule has 1 unspecified atom stereocenters. The van der Waals surface area contributed by atoms with E-state index in [4.69, 9.17) is 0 Å². The van der Waals surface area contributed by atoms with Gasteiger partial charge in [-0.1, -0.05) is 26.3 Å². The second kappa shape index (κ2) is 4.73. The summed E-state index contributed by atoms with van der Waals surface area (Å²) in [6.07, 6.45) is 4.00. The maximum Gasteiger partial charge on any atom is 0.160 e. The molecule has 0 spiro atoms. The fourth-order valence-electron chi connectivity index (χ4n) is 2.61. The minimum absolute atomic E-state index is 0.0715. The van der Waals surface area contributed by atoms with Gasteiger partial charge in [-0.3, -0.25) is 4.79 Å². The van der Waals surface area contributed by atoms with Gasteiger partial charge in [0.2, 0.25) is 0 Å². The van der Waals surface area contributed by atoms with Crippen molar-refractivity contribution in [3.8, 4) is 0 Å². The predicted molar refractivity (Wildman–Crippen MR) is 68.4 cm³/mol. The fourth-order valence-corrected chi connectivity index (χ4v) is 2.77. The van der Waals surface area contributed by atoms with Crippen LogP contribution in [-0.4, -0.2) is 11.0 Å². The number of hydrogen-bond acceptors (Lipinski definition) is 2. The number of carbonyl (C=O) groups is 1. The molecule has 1 nitrogen and oxygen atoms in total. The van der Waals surface area contributed by atoms with Crippen molar-refractivity contribution in [3.63, 3.8) is 0 Å². The highest BCUT2D eigenvalue weighted by atomic mass is 32.1. The highest BCUT2D eigenvalue weighted by molar-refractivity contribution is 7.80. The van der Waals surface area contributed by atoms with Gasteiger partial charge in [-0.05, 0) is 37.2 Å². The zero-order valence-corrected chi connectivity index (χ0v) is 11.2. The molecule has 0 aromatic carbocycles. The SMILES string of the molecule is CC1=C(C(=O)CC(C)S)C(C)(C)CCC1. The van der Waals surface area contributed by atoms with Crippen molar-refractivity contribution >= 4 is 18.4 Å².